The fraction of sp³-hybridized carbons (Fsp3) is 0.316. The summed E-state index contributed by atoms with van der Waals surface area (Å²) in [5, 5.41) is 13.8. The van der Waals surface area contributed by atoms with Crippen LogP contribution >= 0.6 is 0 Å². The van der Waals surface area contributed by atoms with Gasteiger partial charge in [-0.05, 0) is 35.6 Å². The van der Waals surface area contributed by atoms with Crippen molar-refractivity contribution in [3.05, 3.63) is 48.0 Å². The molecule has 1 fully saturated rings. The zero-order valence-corrected chi connectivity index (χ0v) is 13.2. The minimum atomic E-state index is -1.09. The fourth-order valence-electron chi connectivity index (χ4n) is 3.37. The molecule has 5 nitrogen and oxygen atoms in total. The van der Waals surface area contributed by atoms with Gasteiger partial charge in [-0.3, -0.25) is 9.59 Å². The van der Waals surface area contributed by atoms with Crippen LogP contribution in [0.3, 0.4) is 0 Å². The van der Waals surface area contributed by atoms with Gasteiger partial charge < -0.3 is 10.4 Å². The van der Waals surface area contributed by atoms with Crippen LogP contribution in [0, 0.1) is 5.92 Å². The minimum absolute atomic E-state index is 0.0666. The molecule has 0 aliphatic heterocycles. The maximum Gasteiger partial charge on any atom is 0.326 e. The van der Waals surface area contributed by atoms with Crippen LogP contribution in [0.5, 0.6) is 0 Å². The van der Waals surface area contributed by atoms with E-state index < -0.39 is 17.9 Å². The lowest BCUT2D eigenvalue weighted by atomic mass is 9.83. The van der Waals surface area contributed by atoms with Crippen molar-refractivity contribution in [1.29, 1.82) is 0 Å². The Kier molecular flexibility index (Phi) is 4.60. The first kappa shape index (κ1) is 16.2. The number of carboxylic acid groups (broad SMARTS) is 1. The number of hydrogen-bond acceptors (Lipinski definition) is 3. The monoisotopic (exact) mass is 325 g/mol. The van der Waals surface area contributed by atoms with Crippen LogP contribution in [0.1, 0.15) is 36.0 Å². The van der Waals surface area contributed by atoms with Crippen molar-refractivity contribution in [2.45, 2.75) is 31.7 Å². The molecule has 2 aromatic carbocycles. The average Bonchev–Trinajstić information content (AvgIpc) is 2.58. The van der Waals surface area contributed by atoms with E-state index >= 15 is 0 Å². The summed E-state index contributed by atoms with van der Waals surface area (Å²) in [5.41, 5.74) is 0.446. The number of Topliss-reactive ketones (excluding diaryl/α,β-unsaturated/α-hetero) is 1. The van der Waals surface area contributed by atoms with E-state index in [1.807, 2.05) is 30.3 Å². The van der Waals surface area contributed by atoms with Crippen LogP contribution in [0.4, 0.5) is 0 Å². The Balaban J connectivity index is 1.85. The predicted molar refractivity (Wildman–Crippen MR) is 89.8 cm³/mol. The van der Waals surface area contributed by atoms with E-state index in [0.29, 0.717) is 24.8 Å². The summed E-state index contributed by atoms with van der Waals surface area (Å²) in [6, 6.07) is 11.8. The molecule has 0 bridgehead atoms. The lowest BCUT2D eigenvalue weighted by Gasteiger charge is -2.27. The third-order valence-corrected chi connectivity index (χ3v) is 4.58. The number of nitrogens with one attached hydrogen (secondary N) is 1. The van der Waals surface area contributed by atoms with Gasteiger partial charge in [0, 0.05) is 18.4 Å². The topological polar surface area (TPSA) is 83.5 Å². The highest BCUT2D eigenvalue weighted by molar-refractivity contribution is 6.08. The molecule has 5 heteroatoms. The molecule has 0 spiro atoms. The Bertz CT molecular complexity index is 794. The molecule has 0 aromatic heterocycles. The quantitative estimate of drug-likeness (QED) is 0.905. The molecule has 0 radical (unpaired) electrons. The number of benzene rings is 2. The van der Waals surface area contributed by atoms with Crippen LogP contribution in [0.15, 0.2) is 42.5 Å². The van der Waals surface area contributed by atoms with E-state index in [1.54, 1.807) is 12.1 Å². The molecule has 1 aliphatic rings. The number of hydrogen-bond donors (Lipinski definition) is 2. The molecule has 0 heterocycles. The van der Waals surface area contributed by atoms with Gasteiger partial charge in [0.05, 0.1) is 0 Å². The molecule has 124 valence electrons. The van der Waals surface area contributed by atoms with E-state index in [4.69, 9.17) is 0 Å². The summed E-state index contributed by atoms with van der Waals surface area (Å²) in [7, 11) is 0. The normalized spacial score (nSPS) is 19.0. The standard InChI is InChI=1S/C19H19NO4/c21-14-8-3-7-13(11-14)17(19(23)24)20-18(22)16-10-4-6-12-5-1-2-9-15(12)16/h1-2,4-6,9-10,13,17H,3,7-8,11H2,(H,20,22)(H,23,24)/t13-,17+/m0/s1. The Labute approximate surface area is 139 Å². The molecular formula is C19H19NO4. The number of carbonyl (C=O) groups is 3. The third-order valence-electron chi connectivity index (χ3n) is 4.58. The SMILES string of the molecule is O=C1CCC[C@H]([C@@H](NC(=O)c2cccc3ccccc23)C(=O)O)C1. The summed E-state index contributed by atoms with van der Waals surface area (Å²) in [6.45, 7) is 0. The predicted octanol–water partition coefficient (Wildman–Crippen LogP) is 2.78. The molecule has 1 aliphatic carbocycles. The van der Waals surface area contributed by atoms with Gasteiger partial charge in [0.1, 0.15) is 11.8 Å². The molecule has 1 saturated carbocycles. The van der Waals surface area contributed by atoms with Crippen LogP contribution in [-0.2, 0) is 9.59 Å². The maximum atomic E-state index is 12.6. The van der Waals surface area contributed by atoms with E-state index in [-0.39, 0.29) is 18.1 Å². The molecule has 2 atom stereocenters. The van der Waals surface area contributed by atoms with E-state index in [1.165, 1.54) is 0 Å². The molecule has 24 heavy (non-hydrogen) atoms. The van der Waals surface area contributed by atoms with Gasteiger partial charge in [-0.1, -0.05) is 36.4 Å². The number of amides is 1. The number of aliphatic carboxylic acids is 1. The van der Waals surface area contributed by atoms with Crippen LogP contribution in [-0.4, -0.2) is 28.8 Å². The smallest absolute Gasteiger partial charge is 0.326 e. The van der Waals surface area contributed by atoms with Crippen LogP contribution in [0.25, 0.3) is 10.8 Å². The summed E-state index contributed by atoms with van der Waals surface area (Å²) in [4.78, 5) is 35.9. The Morgan fingerprint density at radius 3 is 2.62 bits per heavy atom. The van der Waals surface area contributed by atoms with Gasteiger partial charge in [-0.15, -0.1) is 0 Å². The number of rotatable bonds is 4. The van der Waals surface area contributed by atoms with Crippen molar-refractivity contribution in [3.63, 3.8) is 0 Å². The largest absolute Gasteiger partial charge is 0.480 e. The second-order valence-corrected chi connectivity index (χ2v) is 6.21. The van der Waals surface area contributed by atoms with Crippen molar-refractivity contribution in [2.24, 2.45) is 5.92 Å². The Morgan fingerprint density at radius 2 is 1.88 bits per heavy atom. The molecule has 0 saturated heterocycles. The van der Waals surface area contributed by atoms with Gasteiger partial charge in [-0.25, -0.2) is 4.79 Å². The molecule has 2 aromatic rings. The summed E-state index contributed by atoms with van der Waals surface area (Å²) in [6.07, 6.45) is 2.03. The average molecular weight is 325 g/mol. The summed E-state index contributed by atoms with van der Waals surface area (Å²) < 4.78 is 0. The number of fused-ring (bicyclic) bond motifs is 1. The Morgan fingerprint density at radius 1 is 1.12 bits per heavy atom. The van der Waals surface area contributed by atoms with Crippen molar-refractivity contribution in [1.82, 2.24) is 5.32 Å². The van der Waals surface area contributed by atoms with Gasteiger partial charge in [0.25, 0.3) is 5.91 Å². The van der Waals surface area contributed by atoms with Crippen molar-refractivity contribution in [2.75, 3.05) is 0 Å². The number of carbonyl (C=O) groups excluding carboxylic acids is 2. The zero-order valence-electron chi connectivity index (χ0n) is 13.2. The first-order valence-electron chi connectivity index (χ1n) is 8.09. The van der Waals surface area contributed by atoms with E-state index in [9.17, 15) is 19.5 Å². The highest BCUT2D eigenvalue weighted by Gasteiger charge is 2.33. The van der Waals surface area contributed by atoms with Gasteiger partial charge in [-0.2, -0.15) is 0 Å². The highest BCUT2D eigenvalue weighted by atomic mass is 16.4. The summed E-state index contributed by atoms with van der Waals surface area (Å²) in [5.74, 6) is -1.79. The molecular weight excluding hydrogens is 306 g/mol. The molecule has 0 unspecified atom stereocenters. The lowest BCUT2D eigenvalue weighted by Crippen LogP contribution is -2.47. The van der Waals surface area contributed by atoms with Gasteiger partial charge >= 0.3 is 5.97 Å². The minimum Gasteiger partial charge on any atom is -0.480 e. The van der Waals surface area contributed by atoms with E-state index in [0.717, 1.165) is 10.8 Å². The second kappa shape index (κ2) is 6.83. The fourth-order valence-corrected chi connectivity index (χ4v) is 3.37. The molecule has 1 amide bonds. The van der Waals surface area contributed by atoms with Gasteiger partial charge in [0.2, 0.25) is 0 Å². The van der Waals surface area contributed by atoms with E-state index in [2.05, 4.69) is 5.32 Å². The second-order valence-electron chi connectivity index (χ2n) is 6.21. The van der Waals surface area contributed by atoms with Crippen LogP contribution < -0.4 is 5.32 Å². The first-order chi connectivity index (χ1) is 11.6. The highest BCUT2D eigenvalue weighted by Crippen LogP contribution is 2.25. The number of carboxylic acids is 1. The molecule has 3 rings (SSSR count). The third kappa shape index (κ3) is 3.30. The summed E-state index contributed by atoms with van der Waals surface area (Å²) >= 11 is 0. The van der Waals surface area contributed by atoms with Crippen molar-refractivity contribution >= 4 is 28.4 Å². The lowest BCUT2D eigenvalue weighted by molar-refractivity contribution is -0.141. The van der Waals surface area contributed by atoms with Crippen molar-refractivity contribution in [3.8, 4) is 0 Å². The Hall–Kier alpha value is -2.69. The molecule has 2 N–H and O–H groups in total. The van der Waals surface area contributed by atoms with Crippen LogP contribution in [0.2, 0.25) is 0 Å². The maximum absolute atomic E-state index is 12.6. The zero-order chi connectivity index (χ0) is 17.1. The number of ketones is 1. The van der Waals surface area contributed by atoms with Gasteiger partial charge in [0.15, 0.2) is 0 Å². The van der Waals surface area contributed by atoms with Crippen molar-refractivity contribution < 1.29 is 19.5 Å². The first-order valence-corrected chi connectivity index (χ1v) is 8.09.